The van der Waals surface area contributed by atoms with Crippen LogP contribution in [0.15, 0.2) is 67.0 Å². The molecule has 1 N–H and O–H groups in total. The van der Waals surface area contributed by atoms with Gasteiger partial charge in [-0.05, 0) is 35.9 Å². The quantitative estimate of drug-likeness (QED) is 0.491. The lowest BCUT2D eigenvalue weighted by Crippen LogP contribution is -2.29. The zero-order valence-corrected chi connectivity index (χ0v) is 16.6. The van der Waals surface area contributed by atoms with Crippen molar-refractivity contribution in [2.24, 2.45) is 7.05 Å². The lowest BCUT2D eigenvalue weighted by molar-refractivity contribution is -0.117. The van der Waals surface area contributed by atoms with E-state index in [2.05, 4.69) is 15.3 Å². The van der Waals surface area contributed by atoms with Crippen molar-refractivity contribution < 1.29 is 4.79 Å². The Hall–Kier alpha value is -2.96. The smallest absolute Gasteiger partial charge is 0.244 e. The predicted molar refractivity (Wildman–Crippen MR) is 113 cm³/mol. The average Bonchev–Trinajstić information content (AvgIpc) is 3.31. The van der Waals surface area contributed by atoms with Crippen LogP contribution in [-0.2, 0) is 11.8 Å². The summed E-state index contributed by atoms with van der Waals surface area (Å²) >= 11 is 7.55. The summed E-state index contributed by atoms with van der Waals surface area (Å²) in [5.74, 6) is 0.520. The van der Waals surface area contributed by atoms with Crippen molar-refractivity contribution >= 4 is 45.1 Å². The predicted octanol–water partition coefficient (Wildman–Crippen LogP) is 4.60. The number of nitrogens with zero attached hydrogens (tertiary/aromatic N) is 3. The van der Waals surface area contributed by atoms with Crippen molar-refractivity contribution in [3.8, 4) is 0 Å². The van der Waals surface area contributed by atoms with E-state index in [0.29, 0.717) is 5.02 Å². The number of aromatic nitrogens is 3. The Balaban J connectivity index is 1.56. The van der Waals surface area contributed by atoms with E-state index in [9.17, 15) is 4.79 Å². The topological polar surface area (TPSA) is 59.8 Å². The first-order valence-electron chi connectivity index (χ1n) is 8.67. The van der Waals surface area contributed by atoms with Crippen molar-refractivity contribution in [1.82, 2.24) is 19.9 Å². The number of halogens is 1. The lowest BCUT2D eigenvalue weighted by Gasteiger charge is -2.18. The average molecular weight is 409 g/mol. The summed E-state index contributed by atoms with van der Waals surface area (Å²) in [6.07, 6.45) is 6.80. The van der Waals surface area contributed by atoms with Crippen LogP contribution in [0.25, 0.3) is 16.3 Å². The molecule has 2 aromatic heterocycles. The van der Waals surface area contributed by atoms with E-state index >= 15 is 0 Å². The number of amides is 1. The zero-order chi connectivity index (χ0) is 19.5. The maximum Gasteiger partial charge on any atom is 0.244 e. The van der Waals surface area contributed by atoms with Crippen LogP contribution in [0.1, 0.15) is 22.4 Å². The molecular formula is C21H17ClN4OS. The SMILES string of the molecule is Cn1ccnc1[C@H](NC(=O)/C=C/c1nc2ccccc2s1)c1ccc(Cl)cc1. The number of aryl methyl sites for hydroxylation is 1. The van der Waals surface area contributed by atoms with Crippen LogP contribution in [0.3, 0.4) is 0 Å². The molecule has 2 heterocycles. The first kappa shape index (κ1) is 18.4. The summed E-state index contributed by atoms with van der Waals surface area (Å²) in [6, 6.07) is 14.9. The molecule has 5 nitrogen and oxygen atoms in total. The molecule has 1 atom stereocenters. The fourth-order valence-corrected chi connectivity index (χ4v) is 3.90. The molecule has 0 radical (unpaired) electrons. The second-order valence-electron chi connectivity index (χ2n) is 6.24. The summed E-state index contributed by atoms with van der Waals surface area (Å²) in [4.78, 5) is 21.5. The van der Waals surface area contributed by atoms with E-state index in [1.165, 1.54) is 6.08 Å². The highest BCUT2D eigenvalue weighted by Crippen LogP contribution is 2.24. The molecule has 28 heavy (non-hydrogen) atoms. The van der Waals surface area contributed by atoms with Gasteiger partial charge in [0.05, 0.1) is 10.2 Å². The fourth-order valence-electron chi connectivity index (χ4n) is 2.91. The van der Waals surface area contributed by atoms with Gasteiger partial charge in [0.1, 0.15) is 16.9 Å². The Bertz CT molecular complexity index is 1110. The van der Waals surface area contributed by atoms with Gasteiger partial charge in [-0.1, -0.05) is 35.9 Å². The minimum Gasteiger partial charge on any atom is -0.339 e. The van der Waals surface area contributed by atoms with Crippen molar-refractivity contribution in [2.75, 3.05) is 0 Å². The molecule has 7 heteroatoms. The normalized spacial score (nSPS) is 12.5. The molecule has 2 aromatic carbocycles. The highest BCUT2D eigenvalue weighted by molar-refractivity contribution is 7.19. The van der Waals surface area contributed by atoms with Crippen LogP contribution in [0.4, 0.5) is 0 Å². The fraction of sp³-hybridized carbons (Fsp3) is 0.0952. The Morgan fingerprint density at radius 2 is 2.00 bits per heavy atom. The standard InChI is InChI=1S/C21H17ClN4OS/c1-26-13-12-23-21(26)20(14-6-8-15(22)9-7-14)25-18(27)10-11-19-24-16-4-2-3-5-17(16)28-19/h2-13,20H,1H3,(H,25,27)/b11-10+/t20-/m1/s1. The molecule has 0 saturated carbocycles. The number of carbonyl (C=O) groups excluding carboxylic acids is 1. The number of nitrogens with one attached hydrogen (secondary N) is 1. The molecule has 0 spiro atoms. The van der Waals surface area contributed by atoms with Gasteiger partial charge < -0.3 is 9.88 Å². The van der Waals surface area contributed by atoms with Gasteiger partial charge in [0.25, 0.3) is 0 Å². The van der Waals surface area contributed by atoms with Crippen molar-refractivity contribution in [3.63, 3.8) is 0 Å². The summed E-state index contributed by atoms with van der Waals surface area (Å²) in [5, 5.41) is 4.46. The van der Waals surface area contributed by atoms with E-state index in [1.54, 1.807) is 35.7 Å². The molecule has 4 rings (SSSR count). The molecule has 0 fully saturated rings. The van der Waals surface area contributed by atoms with Gasteiger partial charge in [-0.25, -0.2) is 9.97 Å². The van der Waals surface area contributed by atoms with E-state index in [1.807, 2.05) is 54.2 Å². The van der Waals surface area contributed by atoms with Crippen LogP contribution < -0.4 is 5.32 Å². The molecule has 1 amide bonds. The van der Waals surface area contributed by atoms with Crippen LogP contribution in [0.5, 0.6) is 0 Å². The number of hydrogen-bond donors (Lipinski definition) is 1. The number of para-hydroxylation sites is 1. The van der Waals surface area contributed by atoms with Gasteiger partial charge in [-0.2, -0.15) is 0 Å². The Morgan fingerprint density at radius 3 is 2.71 bits per heavy atom. The summed E-state index contributed by atoms with van der Waals surface area (Å²) in [5.41, 5.74) is 1.83. The minimum atomic E-state index is -0.384. The first-order valence-corrected chi connectivity index (χ1v) is 9.86. The Morgan fingerprint density at radius 1 is 1.21 bits per heavy atom. The van der Waals surface area contributed by atoms with Gasteiger partial charge in [0.15, 0.2) is 0 Å². The van der Waals surface area contributed by atoms with E-state index in [-0.39, 0.29) is 11.9 Å². The van der Waals surface area contributed by atoms with E-state index < -0.39 is 0 Å². The molecular weight excluding hydrogens is 392 g/mol. The van der Waals surface area contributed by atoms with Gasteiger partial charge in [-0.3, -0.25) is 4.79 Å². The zero-order valence-electron chi connectivity index (χ0n) is 15.0. The lowest BCUT2D eigenvalue weighted by atomic mass is 10.1. The summed E-state index contributed by atoms with van der Waals surface area (Å²) < 4.78 is 2.98. The van der Waals surface area contributed by atoms with Crippen molar-refractivity contribution in [3.05, 3.63) is 88.4 Å². The van der Waals surface area contributed by atoms with Crippen molar-refractivity contribution in [2.45, 2.75) is 6.04 Å². The van der Waals surface area contributed by atoms with Crippen LogP contribution in [0.2, 0.25) is 5.02 Å². The maximum atomic E-state index is 12.6. The second-order valence-corrected chi connectivity index (χ2v) is 7.74. The third kappa shape index (κ3) is 3.98. The minimum absolute atomic E-state index is 0.220. The number of imidazole rings is 1. The Kier molecular flexibility index (Phi) is 5.23. The van der Waals surface area contributed by atoms with Gasteiger partial charge in [-0.15, -0.1) is 11.3 Å². The molecule has 0 unspecified atom stereocenters. The number of thiazole rings is 1. The number of carbonyl (C=O) groups is 1. The molecule has 0 saturated heterocycles. The monoisotopic (exact) mass is 408 g/mol. The highest BCUT2D eigenvalue weighted by Gasteiger charge is 2.19. The summed E-state index contributed by atoms with van der Waals surface area (Å²) in [6.45, 7) is 0. The molecule has 0 bridgehead atoms. The summed E-state index contributed by atoms with van der Waals surface area (Å²) in [7, 11) is 1.90. The van der Waals surface area contributed by atoms with Crippen LogP contribution >= 0.6 is 22.9 Å². The van der Waals surface area contributed by atoms with Gasteiger partial charge in [0, 0.05) is 30.5 Å². The number of hydrogen-bond acceptors (Lipinski definition) is 4. The number of benzene rings is 2. The first-order chi connectivity index (χ1) is 13.6. The van der Waals surface area contributed by atoms with E-state index in [4.69, 9.17) is 11.6 Å². The third-order valence-electron chi connectivity index (χ3n) is 4.29. The highest BCUT2D eigenvalue weighted by atomic mass is 35.5. The number of rotatable bonds is 5. The largest absolute Gasteiger partial charge is 0.339 e. The van der Waals surface area contributed by atoms with E-state index in [0.717, 1.165) is 26.6 Å². The van der Waals surface area contributed by atoms with Crippen LogP contribution in [0, 0.1) is 0 Å². The molecule has 0 aliphatic rings. The third-order valence-corrected chi connectivity index (χ3v) is 5.55. The molecule has 0 aliphatic carbocycles. The number of fused-ring (bicyclic) bond motifs is 1. The van der Waals surface area contributed by atoms with Crippen molar-refractivity contribution in [1.29, 1.82) is 0 Å². The van der Waals surface area contributed by atoms with Gasteiger partial charge in [0.2, 0.25) is 5.91 Å². The van der Waals surface area contributed by atoms with Gasteiger partial charge >= 0.3 is 0 Å². The maximum absolute atomic E-state index is 12.6. The molecule has 140 valence electrons. The second kappa shape index (κ2) is 7.96. The molecule has 0 aliphatic heterocycles. The molecule has 4 aromatic rings. The van der Waals surface area contributed by atoms with Crippen LogP contribution in [-0.4, -0.2) is 20.4 Å². The Labute approximate surface area is 171 Å².